The van der Waals surface area contributed by atoms with E-state index < -0.39 is 5.97 Å². The normalized spacial score (nSPS) is 10.7. The van der Waals surface area contributed by atoms with E-state index in [9.17, 15) is 14.4 Å². The van der Waals surface area contributed by atoms with E-state index in [1.54, 1.807) is 6.07 Å². The van der Waals surface area contributed by atoms with E-state index in [2.05, 4.69) is 0 Å². The van der Waals surface area contributed by atoms with Crippen molar-refractivity contribution in [3.05, 3.63) is 87.5 Å². The topological polar surface area (TPSA) is 78.9 Å². The van der Waals surface area contributed by atoms with Crippen LogP contribution in [0, 0.1) is 27.7 Å². The molecule has 0 fully saturated rings. The summed E-state index contributed by atoms with van der Waals surface area (Å²) in [6, 6.07) is 15.3. The first-order valence-electron chi connectivity index (χ1n) is 11.3. The molecule has 0 spiro atoms. The van der Waals surface area contributed by atoms with Crippen LogP contribution < -0.4 is 14.2 Å². The van der Waals surface area contributed by atoms with E-state index in [0.717, 1.165) is 38.9 Å². The monoisotopic (exact) mass is 474 g/mol. The molecule has 0 atom stereocenters. The Morgan fingerprint density at radius 3 is 1.34 bits per heavy atom. The van der Waals surface area contributed by atoms with Crippen molar-refractivity contribution in [1.82, 2.24) is 0 Å². The minimum Gasteiger partial charge on any atom is -0.426 e. The standard InChI is InChI=1S/C29H30O6/c1-16-12-23(13-17(2)28(16)34-21(6)31)27(25-10-8-9-11-26(25)33-20(5)30)24-14-18(3)29(19(4)15-24)35-22(7)32/h8-15,27H,1-7H3. The van der Waals surface area contributed by atoms with Crippen LogP contribution in [-0.2, 0) is 14.4 Å². The van der Waals surface area contributed by atoms with Gasteiger partial charge in [0.2, 0.25) is 0 Å². The van der Waals surface area contributed by atoms with Crippen molar-refractivity contribution >= 4 is 17.9 Å². The van der Waals surface area contributed by atoms with Crippen LogP contribution in [0.25, 0.3) is 0 Å². The van der Waals surface area contributed by atoms with Crippen LogP contribution >= 0.6 is 0 Å². The van der Waals surface area contributed by atoms with Gasteiger partial charge in [0.25, 0.3) is 0 Å². The van der Waals surface area contributed by atoms with Crippen LogP contribution in [-0.4, -0.2) is 17.9 Å². The van der Waals surface area contributed by atoms with Crippen molar-refractivity contribution < 1.29 is 28.6 Å². The Bertz CT molecular complexity index is 1190. The van der Waals surface area contributed by atoms with Crippen LogP contribution in [0.4, 0.5) is 0 Å². The fraction of sp³-hybridized carbons (Fsp3) is 0.276. The molecule has 0 radical (unpaired) electrons. The molecule has 0 amide bonds. The molecule has 182 valence electrons. The van der Waals surface area contributed by atoms with Gasteiger partial charge in [-0.2, -0.15) is 0 Å². The number of para-hydroxylation sites is 1. The fourth-order valence-corrected chi connectivity index (χ4v) is 4.43. The van der Waals surface area contributed by atoms with Gasteiger partial charge in [0.1, 0.15) is 17.2 Å². The third-order valence-corrected chi connectivity index (χ3v) is 5.61. The van der Waals surface area contributed by atoms with Gasteiger partial charge in [-0.15, -0.1) is 0 Å². The van der Waals surface area contributed by atoms with Crippen LogP contribution in [0.3, 0.4) is 0 Å². The number of carbonyl (C=O) groups is 3. The molecule has 0 aliphatic rings. The molecule has 3 aromatic carbocycles. The zero-order chi connectivity index (χ0) is 25.9. The SMILES string of the molecule is CC(=O)Oc1ccccc1C(c1cc(C)c(OC(C)=O)c(C)c1)c1cc(C)c(OC(C)=O)c(C)c1. The number of carbonyl (C=O) groups excluding carboxylic acids is 3. The molecule has 0 N–H and O–H groups in total. The molecule has 3 rings (SSSR count). The summed E-state index contributed by atoms with van der Waals surface area (Å²) in [7, 11) is 0. The van der Waals surface area contributed by atoms with Crippen molar-refractivity contribution in [1.29, 1.82) is 0 Å². The highest BCUT2D eigenvalue weighted by molar-refractivity contribution is 5.72. The third-order valence-electron chi connectivity index (χ3n) is 5.61. The highest BCUT2D eigenvalue weighted by Crippen LogP contribution is 2.41. The summed E-state index contributed by atoms with van der Waals surface area (Å²) in [4.78, 5) is 35.1. The van der Waals surface area contributed by atoms with Gasteiger partial charge in [-0.1, -0.05) is 42.5 Å². The molecular weight excluding hydrogens is 444 g/mol. The lowest BCUT2D eigenvalue weighted by Gasteiger charge is -2.24. The van der Waals surface area contributed by atoms with Crippen molar-refractivity contribution in [3.63, 3.8) is 0 Å². The quantitative estimate of drug-likeness (QED) is 0.252. The van der Waals surface area contributed by atoms with Crippen molar-refractivity contribution in [2.45, 2.75) is 54.4 Å². The van der Waals surface area contributed by atoms with E-state index in [4.69, 9.17) is 14.2 Å². The zero-order valence-corrected chi connectivity index (χ0v) is 21.1. The summed E-state index contributed by atoms with van der Waals surface area (Å²) in [5, 5.41) is 0. The van der Waals surface area contributed by atoms with Gasteiger partial charge in [-0.3, -0.25) is 14.4 Å². The Kier molecular flexibility index (Phi) is 7.75. The number of ether oxygens (including phenoxy) is 3. The smallest absolute Gasteiger partial charge is 0.308 e. The first-order chi connectivity index (χ1) is 16.5. The second kappa shape index (κ2) is 10.6. The number of hydrogen-bond acceptors (Lipinski definition) is 6. The first-order valence-corrected chi connectivity index (χ1v) is 11.3. The van der Waals surface area contributed by atoms with Gasteiger partial charge < -0.3 is 14.2 Å². The number of benzene rings is 3. The molecule has 0 saturated heterocycles. The molecule has 35 heavy (non-hydrogen) atoms. The van der Waals surface area contributed by atoms with Crippen molar-refractivity contribution in [2.75, 3.05) is 0 Å². The maximum absolute atomic E-state index is 11.9. The highest BCUT2D eigenvalue weighted by Gasteiger charge is 2.25. The molecule has 0 aromatic heterocycles. The predicted octanol–water partition coefficient (Wildman–Crippen LogP) is 5.88. The molecule has 3 aromatic rings. The highest BCUT2D eigenvalue weighted by atomic mass is 16.5. The van der Waals surface area contributed by atoms with Crippen LogP contribution in [0.2, 0.25) is 0 Å². The first kappa shape index (κ1) is 25.7. The Morgan fingerprint density at radius 1 is 0.600 bits per heavy atom. The molecule has 0 heterocycles. The van der Waals surface area contributed by atoms with Crippen LogP contribution in [0.1, 0.15) is 65.6 Å². The van der Waals surface area contributed by atoms with Gasteiger partial charge in [0.05, 0.1) is 0 Å². The number of esters is 3. The Hall–Kier alpha value is -3.93. The largest absolute Gasteiger partial charge is 0.426 e. The molecule has 0 aliphatic heterocycles. The van der Waals surface area contributed by atoms with Gasteiger partial charge in [0.15, 0.2) is 0 Å². The van der Waals surface area contributed by atoms with E-state index >= 15 is 0 Å². The third kappa shape index (κ3) is 5.96. The van der Waals surface area contributed by atoms with E-state index in [-0.39, 0.29) is 17.9 Å². The van der Waals surface area contributed by atoms with E-state index in [1.165, 1.54) is 20.8 Å². The number of aryl methyl sites for hydroxylation is 4. The Balaban J connectivity index is 2.28. The zero-order valence-electron chi connectivity index (χ0n) is 21.1. The second-order valence-corrected chi connectivity index (χ2v) is 8.72. The van der Waals surface area contributed by atoms with Gasteiger partial charge in [-0.05, 0) is 67.1 Å². The maximum atomic E-state index is 11.9. The average molecular weight is 475 g/mol. The van der Waals surface area contributed by atoms with Crippen LogP contribution in [0.5, 0.6) is 17.2 Å². The van der Waals surface area contributed by atoms with Crippen molar-refractivity contribution in [3.8, 4) is 17.2 Å². The summed E-state index contributed by atoms with van der Waals surface area (Å²) in [5.74, 6) is 0.0471. The second-order valence-electron chi connectivity index (χ2n) is 8.72. The molecular formula is C29H30O6. The van der Waals surface area contributed by atoms with Crippen LogP contribution in [0.15, 0.2) is 48.5 Å². The Labute approximate surface area is 205 Å². The van der Waals surface area contributed by atoms with Gasteiger partial charge >= 0.3 is 17.9 Å². The minimum atomic E-state index is -0.411. The van der Waals surface area contributed by atoms with Crippen molar-refractivity contribution in [2.24, 2.45) is 0 Å². The molecule has 0 unspecified atom stereocenters. The summed E-state index contributed by atoms with van der Waals surface area (Å²) in [6.45, 7) is 11.7. The summed E-state index contributed by atoms with van der Waals surface area (Å²) in [5.41, 5.74) is 5.94. The van der Waals surface area contributed by atoms with E-state index in [1.807, 2.05) is 70.2 Å². The summed E-state index contributed by atoms with van der Waals surface area (Å²) < 4.78 is 16.4. The fourth-order valence-electron chi connectivity index (χ4n) is 4.43. The summed E-state index contributed by atoms with van der Waals surface area (Å²) in [6.07, 6.45) is 0. The maximum Gasteiger partial charge on any atom is 0.308 e. The lowest BCUT2D eigenvalue weighted by atomic mass is 9.82. The van der Waals surface area contributed by atoms with Gasteiger partial charge in [-0.25, -0.2) is 0 Å². The lowest BCUT2D eigenvalue weighted by Crippen LogP contribution is -2.12. The molecule has 0 bridgehead atoms. The molecule has 0 aliphatic carbocycles. The van der Waals surface area contributed by atoms with Gasteiger partial charge in [0, 0.05) is 32.3 Å². The van der Waals surface area contributed by atoms with E-state index in [0.29, 0.717) is 17.2 Å². The number of hydrogen-bond donors (Lipinski definition) is 0. The Morgan fingerprint density at radius 2 is 0.971 bits per heavy atom. The molecule has 0 saturated carbocycles. The minimum absolute atomic E-state index is 0.307. The number of rotatable bonds is 6. The molecule has 6 nitrogen and oxygen atoms in total. The molecule has 6 heteroatoms. The lowest BCUT2D eigenvalue weighted by molar-refractivity contribution is -0.132. The average Bonchev–Trinajstić information content (AvgIpc) is 2.74. The predicted molar refractivity (Wildman–Crippen MR) is 133 cm³/mol. The summed E-state index contributed by atoms with van der Waals surface area (Å²) >= 11 is 0.